The lowest BCUT2D eigenvalue weighted by Crippen LogP contribution is -2.32. The average Bonchev–Trinajstić information content (AvgIpc) is 3.35. The Morgan fingerprint density at radius 2 is 1.67 bits per heavy atom. The molecule has 0 atom stereocenters. The highest BCUT2D eigenvalue weighted by atomic mass is 16.2. The predicted molar refractivity (Wildman–Crippen MR) is 137 cm³/mol. The van der Waals surface area contributed by atoms with Gasteiger partial charge in [0.05, 0.1) is 30.2 Å². The van der Waals surface area contributed by atoms with Crippen LogP contribution in [0.3, 0.4) is 0 Å². The molecule has 0 N–H and O–H groups in total. The van der Waals surface area contributed by atoms with Gasteiger partial charge in [-0.3, -0.25) is 4.79 Å². The van der Waals surface area contributed by atoms with Gasteiger partial charge in [-0.25, -0.2) is 4.98 Å². The van der Waals surface area contributed by atoms with Crippen molar-refractivity contribution in [2.45, 2.75) is 26.6 Å². The average molecular weight is 473 g/mol. The number of hydrogen-bond donors (Lipinski definition) is 0. The van der Waals surface area contributed by atoms with E-state index in [-0.39, 0.29) is 12.5 Å². The topological polar surface area (TPSA) is 87.7 Å². The van der Waals surface area contributed by atoms with E-state index in [1.54, 1.807) is 29.4 Å². The summed E-state index contributed by atoms with van der Waals surface area (Å²) in [5, 5.41) is 18.5. The van der Waals surface area contributed by atoms with Gasteiger partial charge in [-0.05, 0) is 42.3 Å². The molecule has 7 nitrogen and oxygen atoms in total. The summed E-state index contributed by atoms with van der Waals surface area (Å²) < 4.78 is 1.92. The molecule has 176 valence electrons. The fourth-order valence-electron chi connectivity index (χ4n) is 4.05. The number of nitrogens with zero attached hydrogens (tertiary/aromatic N) is 6. The van der Waals surface area contributed by atoms with E-state index in [1.807, 2.05) is 78.2 Å². The molecular weight excluding hydrogens is 448 g/mol. The lowest BCUT2D eigenvalue weighted by molar-refractivity contribution is 0.0718. The molecule has 3 aromatic carbocycles. The van der Waals surface area contributed by atoms with Gasteiger partial charge in [-0.1, -0.05) is 66.2 Å². The molecule has 7 heteroatoms. The van der Waals surface area contributed by atoms with E-state index >= 15 is 0 Å². The number of aromatic nitrogens is 4. The summed E-state index contributed by atoms with van der Waals surface area (Å²) in [6.07, 6.45) is 1.66. The van der Waals surface area contributed by atoms with Gasteiger partial charge in [0.1, 0.15) is 12.0 Å². The van der Waals surface area contributed by atoms with E-state index in [4.69, 9.17) is 5.26 Å². The molecular formula is C29H24N6O. The van der Waals surface area contributed by atoms with Gasteiger partial charge >= 0.3 is 0 Å². The maximum absolute atomic E-state index is 13.7. The van der Waals surface area contributed by atoms with E-state index in [9.17, 15) is 4.79 Å². The Morgan fingerprint density at radius 1 is 0.917 bits per heavy atom. The smallest absolute Gasteiger partial charge is 0.273 e. The monoisotopic (exact) mass is 472 g/mol. The summed E-state index contributed by atoms with van der Waals surface area (Å²) in [6.45, 7) is 3.26. The van der Waals surface area contributed by atoms with Crippen LogP contribution in [0, 0.1) is 18.3 Å². The standard InChI is InChI=1S/C29H24N6O/c1-21-6-8-23(9-7-21)17-34(29(36)27-15-14-25-4-2-3-5-26(25)32-27)19-28-33-31-20-35(28)18-24-12-10-22(16-30)11-13-24/h2-15,20H,17-19H2,1H3. The van der Waals surface area contributed by atoms with Gasteiger partial charge in [0.25, 0.3) is 5.91 Å². The largest absolute Gasteiger partial charge is 0.325 e. The number of benzene rings is 3. The summed E-state index contributed by atoms with van der Waals surface area (Å²) in [6, 6.07) is 29.1. The molecule has 5 aromatic rings. The van der Waals surface area contributed by atoms with E-state index in [0.29, 0.717) is 30.2 Å². The Kier molecular flexibility index (Phi) is 6.50. The molecule has 0 aliphatic heterocycles. The van der Waals surface area contributed by atoms with E-state index in [0.717, 1.165) is 27.6 Å². The molecule has 0 aliphatic carbocycles. The maximum Gasteiger partial charge on any atom is 0.273 e. The lowest BCUT2D eigenvalue weighted by atomic mass is 10.1. The summed E-state index contributed by atoms with van der Waals surface area (Å²) in [4.78, 5) is 20.1. The number of para-hydroxylation sites is 1. The summed E-state index contributed by atoms with van der Waals surface area (Å²) >= 11 is 0. The number of pyridine rings is 1. The molecule has 0 aliphatic rings. The van der Waals surface area contributed by atoms with Crippen molar-refractivity contribution < 1.29 is 4.79 Å². The molecule has 0 saturated heterocycles. The lowest BCUT2D eigenvalue weighted by Gasteiger charge is -2.23. The van der Waals surface area contributed by atoms with E-state index in [2.05, 4.69) is 21.3 Å². The van der Waals surface area contributed by atoms with Crippen molar-refractivity contribution in [1.29, 1.82) is 5.26 Å². The van der Waals surface area contributed by atoms with Gasteiger partial charge in [-0.15, -0.1) is 10.2 Å². The van der Waals surface area contributed by atoms with Gasteiger partial charge < -0.3 is 9.47 Å². The number of hydrogen-bond acceptors (Lipinski definition) is 5. The Labute approximate surface area is 209 Å². The van der Waals surface area contributed by atoms with Crippen molar-refractivity contribution in [2.75, 3.05) is 0 Å². The maximum atomic E-state index is 13.7. The summed E-state index contributed by atoms with van der Waals surface area (Å²) in [7, 11) is 0. The third-order valence-corrected chi connectivity index (χ3v) is 6.06. The van der Waals surface area contributed by atoms with Crippen molar-refractivity contribution in [3.8, 4) is 6.07 Å². The number of rotatable bonds is 7. The van der Waals surface area contributed by atoms with Crippen molar-refractivity contribution in [3.63, 3.8) is 0 Å². The van der Waals surface area contributed by atoms with Crippen molar-refractivity contribution in [1.82, 2.24) is 24.6 Å². The zero-order chi connectivity index (χ0) is 24.9. The van der Waals surface area contributed by atoms with Gasteiger partial charge in [-0.2, -0.15) is 5.26 Å². The fourth-order valence-corrected chi connectivity index (χ4v) is 4.05. The third-order valence-electron chi connectivity index (χ3n) is 6.06. The van der Waals surface area contributed by atoms with Crippen LogP contribution in [0.1, 0.15) is 38.6 Å². The van der Waals surface area contributed by atoms with Crippen LogP contribution in [0.5, 0.6) is 0 Å². The summed E-state index contributed by atoms with van der Waals surface area (Å²) in [5.74, 6) is 0.495. The summed E-state index contributed by atoms with van der Waals surface area (Å²) in [5.41, 5.74) is 4.98. The zero-order valence-corrected chi connectivity index (χ0v) is 19.9. The minimum atomic E-state index is -0.172. The number of carbonyl (C=O) groups is 1. The highest BCUT2D eigenvalue weighted by Gasteiger charge is 2.21. The second-order valence-electron chi connectivity index (χ2n) is 8.72. The van der Waals surface area contributed by atoms with Crippen molar-refractivity contribution in [3.05, 3.63) is 125 Å². The molecule has 2 aromatic heterocycles. The number of aryl methyl sites for hydroxylation is 1. The normalized spacial score (nSPS) is 10.8. The number of nitriles is 1. The van der Waals surface area contributed by atoms with Gasteiger partial charge in [0.15, 0.2) is 5.82 Å². The van der Waals surface area contributed by atoms with Crippen LogP contribution in [0.4, 0.5) is 0 Å². The van der Waals surface area contributed by atoms with Crippen LogP contribution in [-0.4, -0.2) is 30.6 Å². The minimum absolute atomic E-state index is 0.172. The molecule has 1 amide bonds. The first-order valence-corrected chi connectivity index (χ1v) is 11.7. The predicted octanol–water partition coefficient (Wildman–Crippen LogP) is 4.90. The molecule has 0 unspecified atom stereocenters. The molecule has 0 saturated carbocycles. The first-order chi connectivity index (χ1) is 17.6. The zero-order valence-electron chi connectivity index (χ0n) is 19.9. The van der Waals surface area contributed by atoms with Crippen LogP contribution in [0.2, 0.25) is 0 Å². The Balaban J connectivity index is 1.44. The second kappa shape index (κ2) is 10.2. The van der Waals surface area contributed by atoms with Crippen LogP contribution in [0.25, 0.3) is 10.9 Å². The highest BCUT2D eigenvalue weighted by molar-refractivity contribution is 5.94. The molecule has 0 radical (unpaired) electrons. The molecule has 36 heavy (non-hydrogen) atoms. The van der Waals surface area contributed by atoms with Crippen LogP contribution in [0.15, 0.2) is 91.3 Å². The van der Waals surface area contributed by atoms with E-state index in [1.165, 1.54) is 0 Å². The Hall–Kier alpha value is -4.83. The molecule has 2 heterocycles. The fraction of sp³-hybridized carbons (Fsp3) is 0.138. The Bertz CT molecular complexity index is 1550. The third kappa shape index (κ3) is 5.13. The molecule has 0 spiro atoms. The first kappa shape index (κ1) is 22.9. The SMILES string of the molecule is Cc1ccc(CN(Cc2nncn2Cc2ccc(C#N)cc2)C(=O)c2ccc3ccccc3n2)cc1. The van der Waals surface area contributed by atoms with Crippen LogP contribution in [-0.2, 0) is 19.6 Å². The van der Waals surface area contributed by atoms with Crippen molar-refractivity contribution in [2.24, 2.45) is 0 Å². The van der Waals surface area contributed by atoms with Crippen molar-refractivity contribution >= 4 is 16.8 Å². The Morgan fingerprint density at radius 3 is 2.44 bits per heavy atom. The van der Waals surface area contributed by atoms with Crippen LogP contribution < -0.4 is 0 Å². The van der Waals surface area contributed by atoms with Crippen LogP contribution >= 0.6 is 0 Å². The molecule has 0 bridgehead atoms. The molecule has 0 fully saturated rings. The van der Waals surface area contributed by atoms with E-state index < -0.39 is 0 Å². The minimum Gasteiger partial charge on any atom is -0.325 e. The number of fused-ring (bicyclic) bond motifs is 1. The van der Waals surface area contributed by atoms with Gasteiger partial charge in [0, 0.05) is 11.9 Å². The second-order valence-corrected chi connectivity index (χ2v) is 8.72. The number of amides is 1. The van der Waals surface area contributed by atoms with Gasteiger partial charge in [0.2, 0.25) is 0 Å². The molecule has 5 rings (SSSR count). The highest BCUT2D eigenvalue weighted by Crippen LogP contribution is 2.17. The quantitative estimate of drug-likeness (QED) is 0.336. The number of carbonyl (C=O) groups excluding carboxylic acids is 1. The first-order valence-electron chi connectivity index (χ1n) is 11.7.